The number of fused-ring (bicyclic) bond motifs is 2. The lowest BCUT2D eigenvalue weighted by Gasteiger charge is -2.11. The van der Waals surface area contributed by atoms with Gasteiger partial charge in [-0.2, -0.15) is 5.10 Å². The number of hydrogen-bond acceptors (Lipinski definition) is 9. The molecule has 13 heteroatoms. The summed E-state index contributed by atoms with van der Waals surface area (Å²) in [6.45, 7) is -0.145. The van der Waals surface area contributed by atoms with Crippen molar-refractivity contribution in [1.82, 2.24) is 10.7 Å². The standard InChI is InChI=1S/C25H17Br2N3O8/c26-16-5-15(23(17(27)8-16)38-25(33)14-2-4-19-21(7-14)37-12-35-19)9-29-30-22(31)10-28-24(32)13-1-3-18-20(6-13)36-11-34-18/h1-9H,10-12H2,(H,28,32)(H,30,31). The molecule has 0 unspecified atom stereocenters. The van der Waals surface area contributed by atoms with Crippen molar-refractivity contribution in [2.75, 3.05) is 20.1 Å². The van der Waals surface area contributed by atoms with Gasteiger partial charge in [-0.05, 0) is 64.5 Å². The first-order valence-electron chi connectivity index (χ1n) is 11.0. The lowest BCUT2D eigenvalue weighted by atomic mass is 10.2. The summed E-state index contributed by atoms with van der Waals surface area (Å²) in [5.41, 5.74) is 3.30. The Morgan fingerprint density at radius 3 is 2.21 bits per heavy atom. The van der Waals surface area contributed by atoms with Gasteiger partial charge < -0.3 is 29.0 Å². The number of rotatable bonds is 7. The van der Waals surface area contributed by atoms with E-state index in [2.05, 4.69) is 47.7 Å². The number of hydrogen-bond donors (Lipinski definition) is 2. The third-order valence-corrected chi connectivity index (χ3v) is 6.32. The molecule has 3 aromatic rings. The lowest BCUT2D eigenvalue weighted by molar-refractivity contribution is -0.120. The smallest absolute Gasteiger partial charge is 0.343 e. The molecule has 0 aliphatic carbocycles. The SMILES string of the molecule is O=C(CNC(=O)c1ccc2c(c1)OCO2)NN=Cc1cc(Br)cc(Br)c1OC(=O)c1ccc2c(c1)OCO2. The fourth-order valence-corrected chi connectivity index (χ4v) is 4.81. The Labute approximate surface area is 232 Å². The molecule has 0 atom stereocenters. The van der Waals surface area contributed by atoms with Gasteiger partial charge in [0.2, 0.25) is 13.6 Å². The van der Waals surface area contributed by atoms with Crippen molar-refractivity contribution in [2.24, 2.45) is 5.10 Å². The van der Waals surface area contributed by atoms with Crippen LogP contribution in [0.3, 0.4) is 0 Å². The summed E-state index contributed by atoms with van der Waals surface area (Å²) in [5, 5.41) is 6.43. The summed E-state index contributed by atoms with van der Waals surface area (Å²) >= 11 is 6.77. The van der Waals surface area contributed by atoms with Gasteiger partial charge in [0.1, 0.15) is 0 Å². The first-order valence-corrected chi connectivity index (χ1v) is 12.6. The molecule has 0 fully saturated rings. The van der Waals surface area contributed by atoms with E-state index in [9.17, 15) is 14.4 Å². The van der Waals surface area contributed by atoms with E-state index >= 15 is 0 Å². The molecule has 0 aromatic heterocycles. The highest BCUT2D eigenvalue weighted by Gasteiger charge is 2.20. The van der Waals surface area contributed by atoms with Crippen LogP contribution in [0.15, 0.2) is 62.6 Å². The van der Waals surface area contributed by atoms with E-state index in [4.69, 9.17) is 23.7 Å². The average molecular weight is 647 g/mol. The van der Waals surface area contributed by atoms with Gasteiger partial charge in [0, 0.05) is 15.6 Å². The summed E-state index contributed by atoms with van der Waals surface area (Å²) in [5.74, 6) is 0.530. The largest absolute Gasteiger partial charge is 0.454 e. The maximum Gasteiger partial charge on any atom is 0.343 e. The Hall–Kier alpha value is -4.10. The molecule has 2 heterocycles. The highest BCUT2D eigenvalue weighted by Crippen LogP contribution is 2.35. The molecule has 0 spiro atoms. The van der Waals surface area contributed by atoms with Crippen molar-refractivity contribution < 1.29 is 38.1 Å². The molecule has 3 aromatic carbocycles. The molecule has 5 rings (SSSR count). The molecular weight excluding hydrogens is 630 g/mol. The highest BCUT2D eigenvalue weighted by atomic mass is 79.9. The van der Waals surface area contributed by atoms with E-state index in [0.717, 1.165) is 0 Å². The predicted octanol–water partition coefficient (Wildman–Crippen LogP) is 3.77. The second kappa shape index (κ2) is 11.1. The van der Waals surface area contributed by atoms with Gasteiger partial charge in [0.05, 0.1) is 22.8 Å². The fourth-order valence-electron chi connectivity index (χ4n) is 3.47. The minimum atomic E-state index is -0.628. The molecule has 0 saturated heterocycles. The summed E-state index contributed by atoms with van der Waals surface area (Å²) in [7, 11) is 0. The van der Waals surface area contributed by atoms with Crippen LogP contribution < -0.4 is 34.4 Å². The summed E-state index contributed by atoms with van der Waals surface area (Å²) < 4.78 is 27.8. The molecular formula is C25H17Br2N3O8. The van der Waals surface area contributed by atoms with E-state index in [1.165, 1.54) is 18.3 Å². The Morgan fingerprint density at radius 2 is 1.50 bits per heavy atom. The van der Waals surface area contributed by atoms with Crippen LogP contribution in [0, 0.1) is 0 Å². The average Bonchev–Trinajstić information content (AvgIpc) is 3.57. The highest BCUT2D eigenvalue weighted by molar-refractivity contribution is 9.11. The third kappa shape index (κ3) is 5.73. The Kier molecular flexibility index (Phi) is 7.47. The summed E-state index contributed by atoms with van der Waals surface area (Å²) in [6, 6.07) is 12.8. The maximum absolute atomic E-state index is 12.8. The Bertz CT molecular complexity index is 1480. The van der Waals surface area contributed by atoms with Gasteiger partial charge in [0.15, 0.2) is 28.7 Å². The van der Waals surface area contributed by atoms with Crippen LogP contribution in [-0.4, -0.2) is 44.1 Å². The minimum absolute atomic E-state index is 0.0839. The topological polar surface area (TPSA) is 134 Å². The molecule has 0 radical (unpaired) electrons. The fraction of sp³-hybridized carbons (Fsp3) is 0.120. The normalized spacial score (nSPS) is 12.9. The van der Waals surface area contributed by atoms with E-state index < -0.39 is 17.8 Å². The number of hydrazone groups is 1. The molecule has 0 bridgehead atoms. The van der Waals surface area contributed by atoms with Crippen LogP contribution in [0.2, 0.25) is 0 Å². The van der Waals surface area contributed by atoms with E-state index in [1.54, 1.807) is 36.4 Å². The van der Waals surface area contributed by atoms with Crippen LogP contribution in [0.25, 0.3) is 0 Å². The summed E-state index contributed by atoms with van der Waals surface area (Å²) in [6.07, 6.45) is 1.31. The first-order chi connectivity index (χ1) is 18.4. The maximum atomic E-state index is 12.8. The van der Waals surface area contributed by atoms with Crippen LogP contribution in [-0.2, 0) is 4.79 Å². The van der Waals surface area contributed by atoms with Crippen LogP contribution in [0.4, 0.5) is 0 Å². The molecule has 2 amide bonds. The number of nitrogens with zero attached hydrogens (tertiary/aromatic N) is 1. The molecule has 2 N–H and O–H groups in total. The van der Waals surface area contributed by atoms with Crippen molar-refractivity contribution >= 4 is 55.9 Å². The number of nitrogens with one attached hydrogen (secondary N) is 2. The Balaban J connectivity index is 1.20. The van der Waals surface area contributed by atoms with Gasteiger partial charge in [-0.3, -0.25) is 9.59 Å². The quantitative estimate of drug-likeness (QED) is 0.172. The minimum Gasteiger partial charge on any atom is -0.454 e. The Morgan fingerprint density at radius 1 is 0.868 bits per heavy atom. The number of amides is 2. The lowest BCUT2D eigenvalue weighted by Crippen LogP contribution is -2.34. The number of ether oxygens (including phenoxy) is 5. The van der Waals surface area contributed by atoms with Gasteiger partial charge >= 0.3 is 5.97 Å². The number of esters is 1. The van der Waals surface area contributed by atoms with Crippen LogP contribution in [0.5, 0.6) is 28.7 Å². The van der Waals surface area contributed by atoms with Crippen LogP contribution >= 0.6 is 31.9 Å². The number of benzene rings is 3. The van der Waals surface area contributed by atoms with E-state index in [0.29, 0.717) is 43.1 Å². The molecule has 38 heavy (non-hydrogen) atoms. The second-order valence-electron chi connectivity index (χ2n) is 7.81. The van der Waals surface area contributed by atoms with Crippen molar-refractivity contribution in [1.29, 1.82) is 0 Å². The zero-order valence-electron chi connectivity index (χ0n) is 19.3. The zero-order valence-corrected chi connectivity index (χ0v) is 22.5. The van der Waals surface area contributed by atoms with Gasteiger partial charge in [-0.25, -0.2) is 10.2 Å². The number of carbonyl (C=O) groups excluding carboxylic acids is 3. The van der Waals surface area contributed by atoms with Crippen molar-refractivity contribution in [3.63, 3.8) is 0 Å². The molecule has 11 nitrogen and oxygen atoms in total. The van der Waals surface area contributed by atoms with Crippen molar-refractivity contribution in [3.05, 3.63) is 74.2 Å². The van der Waals surface area contributed by atoms with Crippen LogP contribution in [0.1, 0.15) is 26.3 Å². The van der Waals surface area contributed by atoms with E-state index in [1.807, 2.05) is 0 Å². The molecule has 2 aliphatic rings. The summed E-state index contributed by atoms with van der Waals surface area (Å²) in [4.78, 5) is 37.4. The van der Waals surface area contributed by atoms with Gasteiger partial charge in [0.25, 0.3) is 11.8 Å². The first kappa shape index (κ1) is 25.5. The van der Waals surface area contributed by atoms with Crippen molar-refractivity contribution in [3.8, 4) is 28.7 Å². The number of carbonyl (C=O) groups is 3. The predicted molar refractivity (Wildman–Crippen MR) is 140 cm³/mol. The van der Waals surface area contributed by atoms with Crippen molar-refractivity contribution in [2.45, 2.75) is 0 Å². The second-order valence-corrected chi connectivity index (χ2v) is 9.58. The molecule has 194 valence electrons. The zero-order chi connectivity index (χ0) is 26.6. The number of halogens is 2. The van der Waals surface area contributed by atoms with E-state index in [-0.39, 0.29) is 31.4 Å². The third-order valence-electron chi connectivity index (χ3n) is 5.28. The molecule has 2 aliphatic heterocycles. The molecule has 0 saturated carbocycles. The van der Waals surface area contributed by atoms with Gasteiger partial charge in [-0.1, -0.05) is 15.9 Å². The van der Waals surface area contributed by atoms with Gasteiger partial charge in [-0.15, -0.1) is 0 Å². The monoisotopic (exact) mass is 645 g/mol.